The second kappa shape index (κ2) is 9.90. The Balaban J connectivity index is 1.55. The van der Waals surface area contributed by atoms with Crippen molar-refractivity contribution in [3.63, 3.8) is 0 Å². The first-order valence-electron chi connectivity index (χ1n) is 11.9. The molecule has 1 aromatic heterocycles. The van der Waals surface area contributed by atoms with E-state index in [1.807, 2.05) is 0 Å². The van der Waals surface area contributed by atoms with Crippen molar-refractivity contribution < 1.29 is 18.0 Å². The van der Waals surface area contributed by atoms with Crippen LogP contribution in [0.3, 0.4) is 0 Å². The number of halogens is 4. The lowest BCUT2D eigenvalue weighted by Crippen LogP contribution is -2.46. The number of nitrogens with one attached hydrogen (secondary N) is 1. The lowest BCUT2D eigenvalue weighted by Gasteiger charge is -2.37. The number of nitrogens with zero attached hydrogens (tertiary/aromatic N) is 2. The zero-order chi connectivity index (χ0) is 26.3. The van der Waals surface area contributed by atoms with Gasteiger partial charge in [-0.3, -0.25) is 14.5 Å². The number of anilines is 1. The SMILES string of the molecule is CC(C)(C)N1CCCC1Cn1ccc2c(NC(=O)Cc3ccc(Cl)c(C(F)(F)F)c3)cccc2c1=O. The number of alkyl halides is 3. The van der Waals surface area contributed by atoms with Crippen molar-refractivity contribution in [3.8, 4) is 0 Å². The summed E-state index contributed by atoms with van der Waals surface area (Å²) in [5.74, 6) is -0.492. The molecule has 0 radical (unpaired) electrons. The molecule has 2 aromatic carbocycles. The summed E-state index contributed by atoms with van der Waals surface area (Å²) in [6.07, 6.45) is -1.01. The molecule has 9 heteroatoms. The summed E-state index contributed by atoms with van der Waals surface area (Å²) >= 11 is 5.67. The summed E-state index contributed by atoms with van der Waals surface area (Å²) in [6.45, 7) is 8.12. The third-order valence-corrected chi connectivity index (χ3v) is 6.97. The van der Waals surface area contributed by atoms with Gasteiger partial charge in [-0.15, -0.1) is 0 Å². The number of pyridine rings is 1. The average molecular weight is 520 g/mol. The van der Waals surface area contributed by atoms with E-state index in [0.717, 1.165) is 31.5 Å². The van der Waals surface area contributed by atoms with Crippen LogP contribution >= 0.6 is 11.6 Å². The summed E-state index contributed by atoms with van der Waals surface area (Å²) in [5.41, 5.74) is -0.482. The standard InChI is InChI=1S/C27H29ClF3N3O2/c1-26(2,3)34-12-5-6-18(34)16-33-13-11-19-20(25(33)36)7-4-8-23(19)32-24(35)15-17-9-10-22(28)21(14-17)27(29,30)31/h4,7-11,13-14,18H,5-6,12,15-16H2,1-3H3,(H,32,35). The zero-order valence-electron chi connectivity index (χ0n) is 20.5. The molecule has 1 fully saturated rings. The Labute approximate surface area is 212 Å². The molecule has 0 aliphatic carbocycles. The summed E-state index contributed by atoms with van der Waals surface area (Å²) in [6, 6.07) is 10.6. The molecule has 1 aliphatic rings. The number of benzene rings is 2. The van der Waals surface area contributed by atoms with E-state index >= 15 is 0 Å². The second-order valence-corrected chi connectivity index (χ2v) is 10.6. The second-order valence-electron chi connectivity index (χ2n) is 10.2. The number of rotatable bonds is 5. The molecular weight excluding hydrogens is 491 g/mol. The largest absolute Gasteiger partial charge is 0.417 e. The lowest BCUT2D eigenvalue weighted by molar-refractivity contribution is -0.137. The molecule has 2 heterocycles. The molecule has 3 aromatic rings. The van der Waals surface area contributed by atoms with Crippen LogP contribution in [-0.2, 0) is 23.9 Å². The summed E-state index contributed by atoms with van der Waals surface area (Å²) in [7, 11) is 0. The monoisotopic (exact) mass is 519 g/mol. The van der Waals surface area contributed by atoms with E-state index in [0.29, 0.717) is 23.0 Å². The van der Waals surface area contributed by atoms with Gasteiger partial charge in [0.05, 0.1) is 17.0 Å². The van der Waals surface area contributed by atoms with Crippen LogP contribution in [0.4, 0.5) is 18.9 Å². The Bertz CT molecular complexity index is 1340. The van der Waals surface area contributed by atoms with Crippen molar-refractivity contribution in [3.05, 3.63) is 75.2 Å². The fourth-order valence-electron chi connectivity index (χ4n) is 4.99. The van der Waals surface area contributed by atoms with Gasteiger partial charge in [-0.1, -0.05) is 23.7 Å². The van der Waals surface area contributed by atoms with Gasteiger partial charge in [-0.2, -0.15) is 13.2 Å². The van der Waals surface area contributed by atoms with Gasteiger partial charge in [0.2, 0.25) is 5.91 Å². The van der Waals surface area contributed by atoms with E-state index in [2.05, 4.69) is 31.0 Å². The van der Waals surface area contributed by atoms with Crippen molar-refractivity contribution in [1.29, 1.82) is 0 Å². The summed E-state index contributed by atoms with van der Waals surface area (Å²) in [5, 5.41) is 3.38. The average Bonchev–Trinajstić information content (AvgIpc) is 3.25. The number of hydrogen-bond acceptors (Lipinski definition) is 3. The van der Waals surface area contributed by atoms with Crippen LogP contribution in [-0.4, -0.2) is 33.5 Å². The van der Waals surface area contributed by atoms with Crippen molar-refractivity contribution in [1.82, 2.24) is 9.47 Å². The summed E-state index contributed by atoms with van der Waals surface area (Å²) < 4.78 is 41.2. The first-order chi connectivity index (χ1) is 16.8. The van der Waals surface area contributed by atoms with E-state index in [9.17, 15) is 22.8 Å². The van der Waals surface area contributed by atoms with E-state index in [1.165, 1.54) is 6.07 Å². The number of amides is 1. The van der Waals surface area contributed by atoms with Crippen LogP contribution in [0.5, 0.6) is 0 Å². The zero-order valence-corrected chi connectivity index (χ0v) is 21.2. The van der Waals surface area contributed by atoms with Crippen molar-refractivity contribution in [2.45, 2.75) is 64.3 Å². The Kier molecular flexibility index (Phi) is 7.21. The molecule has 1 saturated heterocycles. The molecule has 4 rings (SSSR count). The highest BCUT2D eigenvalue weighted by Gasteiger charge is 2.34. The van der Waals surface area contributed by atoms with Crippen LogP contribution < -0.4 is 10.9 Å². The van der Waals surface area contributed by atoms with Gasteiger partial charge in [-0.25, -0.2) is 0 Å². The third-order valence-electron chi connectivity index (χ3n) is 6.64. The minimum Gasteiger partial charge on any atom is -0.325 e. The van der Waals surface area contributed by atoms with E-state index < -0.39 is 22.7 Å². The molecule has 0 bridgehead atoms. The van der Waals surface area contributed by atoms with Gasteiger partial charge < -0.3 is 9.88 Å². The predicted octanol–water partition coefficient (Wildman–Crippen LogP) is 6.12. The highest BCUT2D eigenvalue weighted by molar-refractivity contribution is 6.31. The fraction of sp³-hybridized carbons (Fsp3) is 0.407. The number of carbonyl (C=O) groups excluding carboxylic acids is 1. The number of carbonyl (C=O) groups is 1. The number of likely N-dealkylation sites (tertiary alicyclic amines) is 1. The molecule has 1 amide bonds. The topological polar surface area (TPSA) is 54.3 Å². The summed E-state index contributed by atoms with van der Waals surface area (Å²) in [4.78, 5) is 28.4. The van der Waals surface area contributed by atoms with Gasteiger partial charge in [0.1, 0.15) is 0 Å². The first kappa shape index (κ1) is 26.2. The molecule has 1 unspecified atom stereocenters. The number of fused-ring (bicyclic) bond motifs is 1. The molecule has 1 N–H and O–H groups in total. The molecule has 0 spiro atoms. The molecule has 192 valence electrons. The maximum atomic E-state index is 13.3. The Morgan fingerprint density at radius 1 is 1.11 bits per heavy atom. The van der Waals surface area contributed by atoms with Crippen LogP contribution in [0.2, 0.25) is 5.02 Å². The predicted molar refractivity (Wildman–Crippen MR) is 136 cm³/mol. The Morgan fingerprint density at radius 2 is 1.86 bits per heavy atom. The quantitative estimate of drug-likeness (QED) is 0.442. The Morgan fingerprint density at radius 3 is 2.56 bits per heavy atom. The van der Waals surface area contributed by atoms with Gasteiger partial charge in [0.25, 0.3) is 5.56 Å². The van der Waals surface area contributed by atoms with Gasteiger partial charge in [-0.05, 0) is 76.1 Å². The maximum absolute atomic E-state index is 13.3. The van der Waals surface area contributed by atoms with Crippen LogP contribution in [0, 0.1) is 0 Å². The molecule has 1 atom stereocenters. The van der Waals surface area contributed by atoms with Crippen LogP contribution in [0.15, 0.2) is 53.5 Å². The molecule has 36 heavy (non-hydrogen) atoms. The smallest absolute Gasteiger partial charge is 0.325 e. The highest BCUT2D eigenvalue weighted by atomic mass is 35.5. The van der Waals surface area contributed by atoms with Crippen LogP contribution in [0.1, 0.15) is 44.7 Å². The fourth-order valence-corrected chi connectivity index (χ4v) is 5.21. The number of hydrogen-bond donors (Lipinski definition) is 1. The van der Waals surface area contributed by atoms with E-state index in [1.54, 1.807) is 35.0 Å². The van der Waals surface area contributed by atoms with E-state index in [4.69, 9.17) is 11.6 Å². The normalized spacial score (nSPS) is 17.0. The van der Waals surface area contributed by atoms with Crippen molar-refractivity contribution in [2.24, 2.45) is 0 Å². The molecule has 5 nitrogen and oxygen atoms in total. The maximum Gasteiger partial charge on any atom is 0.417 e. The lowest BCUT2D eigenvalue weighted by atomic mass is 10.0. The highest BCUT2D eigenvalue weighted by Crippen LogP contribution is 2.35. The van der Waals surface area contributed by atoms with Crippen LogP contribution in [0.25, 0.3) is 10.8 Å². The van der Waals surface area contributed by atoms with Gasteiger partial charge in [0, 0.05) is 40.8 Å². The van der Waals surface area contributed by atoms with Crippen molar-refractivity contribution >= 4 is 34.0 Å². The third kappa shape index (κ3) is 5.60. The van der Waals surface area contributed by atoms with Gasteiger partial charge >= 0.3 is 6.18 Å². The minimum atomic E-state index is -4.61. The van der Waals surface area contributed by atoms with E-state index in [-0.39, 0.29) is 29.1 Å². The number of aromatic nitrogens is 1. The first-order valence-corrected chi connectivity index (χ1v) is 12.3. The van der Waals surface area contributed by atoms with Gasteiger partial charge in [0.15, 0.2) is 0 Å². The molecular formula is C27H29ClF3N3O2. The van der Waals surface area contributed by atoms with Crippen molar-refractivity contribution in [2.75, 3.05) is 11.9 Å². The minimum absolute atomic E-state index is 0.0179. The molecule has 0 saturated carbocycles. The Hall–Kier alpha value is -2.84. The molecule has 1 aliphatic heterocycles.